The fourth-order valence-electron chi connectivity index (χ4n) is 0.452. The summed E-state index contributed by atoms with van der Waals surface area (Å²) in [6.45, 7) is 0. The predicted molar refractivity (Wildman–Crippen MR) is 39.8 cm³/mol. The molecular formula is C4BrClF3NS. The molecule has 1 nitrogen and oxygen atoms in total. The van der Waals surface area contributed by atoms with Crippen LogP contribution in [-0.4, -0.2) is 4.98 Å². The molecular weight excluding hydrogens is 266 g/mol. The third-order valence-corrected chi connectivity index (χ3v) is 2.53. The van der Waals surface area contributed by atoms with Crippen LogP contribution in [0.2, 0.25) is 4.34 Å². The lowest BCUT2D eigenvalue weighted by molar-refractivity contribution is -0.140. The maximum atomic E-state index is 11.9. The Morgan fingerprint density at radius 1 is 1.45 bits per heavy atom. The van der Waals surface area contributed by atoms with Crippen molar-refractivity contribution in [2.45, 2.75) is 6.18 Å². The van der Waals surface area contributed by atoms with E-state index in [-0.39, 0.29) is 8.25 Å². The van der Waals surface area contributed by atoms with Gasteiger partial charge in [-0.05, 0) is 15.9 Å². The molecule has 0 bridgehead atoms. The van der Waals surface area contributed by atoms with Crippen molar-refractivity contribution in [1.29, 1.82) is 0 Å². The van der Waals surface area contributed by atoms with E-state index in [0.717, 1.165) is 11.3 Å². The molecule has 0 fully saturated rings. The summed E-state index contributed by atoms with van der Waals surface area (Å²) in [5.41, 5.74) is -1.03. The first-order valence-electron chi connectivity index (χ1n) is 2.30. The molecule has 62 valence electrons. The minimum atomic E-state index is -4.46. The summed E-state index contributed by atoms with van der Waals surface area (Å²) < 4.78 is 35.5. The predicted octanol–water partition coefficient (Wildman–Crippen LogP) is 3.58. The van der Waals surface area contributed by atoms with Gasteiger partial charge in [0.2, 0.25) is 0 Å². The van der Waals surface area contributed by atoms with Gasteiger partial charge in [-0.15, -0.1) is 0 Å². The van der Waals surface area contributed by atoms with Crippen LogP contribution in [0.4, 0.5) is 13.2 Å². The first-order chi connectivity index (χ1) is 4.91. The lowest BCUT2D eigenvalue weighted by Crippen LogP contribution is -2.05. The average Bonchev–Trinajstić information content (AvgIpc) is 2.08. The van der Waals surface area contributed by atoms with E-state index in [9.17, 15) is 13.2 Å². The zero-order chi connectivity index (χ0) is 8.65. The Kier molecular flexibility index (Phi) is 2.46. The summed E-state index contributed by atoms with van der Waals surface area (Å²) in [7, 11) is 0. The average molecular weight is 266 g/mol. The minimum absolute atomic E-state index is 0.134. The van der Waals surface area contributed by atoms with E-state index in [1.54, 1.807) is 0 Å². The molecule has 1 aromatic rings. The maximum absolute atomic E-state index is 11.9. The van der Waals surface area contributed by atoms with Crippen LogP contribution in [-0.2, 0) is 6.18 Å². The van der Waals surface area contributed by atoms with Gasteiger partial charge in [-0.25, -0.2) is 4.98 Å². The highest BCUT2D eigenvalue weighted by molar-refractivity contribution is 9.11. The van der Waals surface area contributed by atoms with Gasteiger partial charge in [-0.1, -0.05) is 22.9 Å². The molecule has 0 aliphatic rings. The fraction of sp³-hybridized carbons (Fsp3) is 0.250. The van der Waals surface area contributed by atoms with E-state index < -0.39 is 11.9 Å². The van der Waals surface area contributed by atoms with Crippen molar-refractivity contribution in [1.82, 2.24) is 4.98 Å². The van der Waals surface area contributed by atoms with Crippen molar-refractivity contribution in [3.05, 3.63) is 13.9 Å². The number of alkyl halides is 3. The molecule has 11 heavy (non-hydrogen) atoms. The third-order valence-electron chi connectivity index (χ3n) is 0.828. The molecule has 0 radical (unpaired) electrons. The molecule has 0 spiro atoms. The van der Waals surface area contributed by atoms with Crippen molar-refractivity contribution < 1.29 is 13.2 Å². The Hall–Kier alpha value is 0.190. The molecule has 0 N–H and O–H groups in total. The lowest BCUT2D eigenvalue weighted by Gasteiger charge is -2.00. The molecule has 7 heteroatoms. The number of halogens is 5. The number of hydrogen-bond acceptors (Lipinski definition) is 2. The molecule has 1 rings (SSSR count). The van der Waals surface area contributed by atoms with Crippen molar-refractivity contribution >= 4 is 38.9 Å². The zero-order valence-corrected chi connectivity index (χ0v) is 7.90. The highest BCUT2D eigenvalue weighted by Gasteiger charge is 2.36. The summed E-state index contributed by atoms with van der Waals surface area (Å²) in [6, 6.07) is 0. The highest BCUT2D eigenvalue weighted by Crippen LogP contribution is 2.38. The van der Waals surface area contributed by atoms with Crippen LogP contribution >= 0.6 is 38.9 Å². The minimum Gasteiger partial charge on any atom is -0.223 e. The zero-order valence-electron chi connectivity index (χ0n) is 4.75. The number of hydrogen-bond donors (Lipinski definition) is 0. The molecule has 0 aromatic carbocycles. The monoisotopic (exact) mass is 265 g/mol. The maximum Gasteiger partial charge on any atom is 0.435 e. The molecule has 0 saturated carbocycles. The number of thiazole rings is 1. The summed E-state index contributed by atoms with van der Waals surface area (Å²) in [5, 5.41) is 0. The Morgan fingerprint density at radius 3 is 2.18 bits per heavy atom. The molecule has 0 unspecified atom stereocenters. The first kappa shape index (κ1) is 9.28. The standard InChI is InChI=1S/C4BrClF3NS/c5-3-10-1(2(6)11-3)4(7,8)9. The van der Waals surface area contributed by atoms with Crippen LogP contribution < -0.4 is 0 Å². The van der Waals surface area contributed by atoms with Crippen LogP contribution in [0.25, 0.3) is 0 Å². The van der Waals surface area contributed by atoms with Crippen molar-refractivity contribution in [2.75, 3.05) is 0 Å². The van der Waals surface area contributed by atoms with Crippen LogP contribution in [0.15, 0.2) is 3.92 Å². The number of nitrogens with zero attached hydrogens (tertiary/aromatic N) is 1. The van der Waals surface area contributed by atoms with Crippen LogP contribution in [0.1, 0.15) is 5.69 Å². The van der Waals surface area contributed by atoms with E-state index in [1.165, 1.54) is 0 Å². The van der Waals surface area contributed by atoms with Crippen molar-refractivity contribution in [3.63, 3.8) is 0 Å². The van der Waals surface area contributed by atoms with Gasteiger partial charge in [-0.2, -0.15) is 13.2 Å². The second kappa shape index (κ2) is 2.91. The summed E-state index contributed by atoms with van der Waals surface area (Å²) in [5.74, 6) is 0. The highest BCUT2D eigenvalue weighted by atomic mass is 79.9. The summed E-state index contributed by atoms with van der Waals surface area (Å²) >= 11 is 8.78. The largest absolute Gasteiger partial charge is 0.435 e. The van der Waals surface area contributed by atoms with Gasteiger partial charge in [0.25, 0.3) is 0 Å². The Bertz CT molecular complexity index is 271. The smallest absolute Gasteiger partial charge is 0.223 e. The second-order valence-electron chi connectivity index (χ2n) is 1.59. The number of aromatic nitrogens is 1. The van der Waals surface area contributed by atoms with Gasteiger partial charge in [0.1, 0.15) is 4.34 Å². The Balaban J connectivity index is 3.13. The van der Waals surface area contributed by atoms with E-state index >= 15 is 0 Å². The molecule has 0 aliphatic carbocycles. The fourth-order valence-corrected chi connectivity index (χ4v) is 2.31. The van der Waals surface area contributed by atoms with Gasteiger partial charge < -0.3 is 0 Å². The molecule has 0 saturated heterocycles. The van der Waals surface area contributed by atoms with Crippen LogP contribution in [0, 0.1) is 0 Å². The normalized spacial score (nSPS) is 12.1. The van der Waals surface area contributed by atoms with Gasteiger partial charge in [0.05, 0.1) is 0 Å². The van der Waals surface area contributed by atoms with Gasteiger partial charge >= 0.3 is 6.18 Å². The SMILES string of the molecule is FC(F)(F)c1nc(Br)sc1Cl. The molecule has 0 aliphatic heterocycles. The van der Waals surface area contributed by atoms with Gasteiger partial charge in [-0.3, -0.25) is 0 Å². The third kappa shape index (κ3) is 2.07. The second-order valence-corrected chi connectivity index (χ2v) is 4.46. The van der Waals surface area contributed by atoms with E-state index in [1.807, 2.05) is 0 Å². The molecule has 0 atom stereocenters. The van der Waals surface area contributed by atoms with Gasteiger partial charge in [0, 0.05) is 0 Å². The summed E-state index contributed by atoms with van der Waals surface area (Å²) in [6.07, 6.45) is -4.46. The Labute approximate surface area is 77.3 Å². The first-order valence-corrected chi connectivity index (χ1v) is 4.29. The van der Waals surface area contributed by atoms with E-state index in [4.69, 9.17) is 11.6 Å². The topological polar surface area (TPSA) is 12.9 Å². The van der Waals surface area contributed by atoms with Crippen LogP contribution in [0.5, 0.6) is 0 Å². The molecule has 0 amide bonds. The van der Waals surface area contributed by atoms with Crippen molar-refractivity contribution in [3.8, 4) is 0 Å². The Morgan fingerprint density at radius 2 is 2.00 bits per heavy atom. The van der Waals surface area contributed by atoms with E-state index in [2.05, 4.69) is 20.9 Å². The lowest BCUT2D eigenvalue weighted by atomic mass is 10.5. The quantitative estimate of drug-likeness (QED) is 0.699. The van der Waals surface area contributed by atoms with Crippen molar-refractivity contribution in [2.24, 2.45) is 0 Å². The molecule has 1 heterocycles. The van der Waals surface area contributed by atoms with E-state index in [0.29, 0.717) is 0 Å². The number of rotatable bonds is 0. The summed E-state index contributed by atoms with van der Waals surface area (Å²) in [4.78, 5) is 3.16. The molecule has 1 aromatic heterocycles. The van der Waals surface area contributed by atoms with Gasteiger partial charge in [0.15, 0.2) is 9.61 Å². The van der Waals surface area contributed by atoms with Crippen LogP contribution in [0.3, 0.4) is 0 Å².